The van der Waals surface area contributed by atoms with Gasteiger partial charge in [-0.3, -0.25) is 10.1 Å². The van der Waals surface area contributed by atoms with Gasteiger partial charge in [0.1, 0.15) is 11.4 Å². The van der Waals surface area contributed by atoms with Crippen LogP contribution in [0.2, 0.25) is 0 Å². The predicted molar refractivity (Wildman–Crippen MR) is 119 cm³/mol. The quantitative estimate of drug-likeness (QED) is 0.294. The molecular formula is C25H29NO5. The number of carbonyl (C=O) groups excluding carboxylic acids is 1. The zero-order valence-corrected chi connectivity index (χ0v) is 17.9. The molecule has 6 heteroatoms. The molecule has 0 radical (unpaired) electrons. The Morgan fingerprint density at radius 2 is 1.77 bits per heavy atom. The molecule has 31 heavy (non-hydrogen) atoms. The molecule has 0 bridgehead atoms. The van der Waals surface area contributed by atoms with Crippen LogP contribution >= 0.6 is 0 Å². The number of aliphatic hydroxyl groups excluding tert-OH is 1. The van der Waals surface area contributed by atoms with E-state index in [9.17, 15) is 20.0 Å². The van der Waals surface area contributed by atoms with Gasteiger partial charge in [0.2, 0.25) is 0 Å². The number of nitro groups is 1. The average molecular weight is 424 g/mol. The maximum atomic E-state index is 12.8. The van der Waals surface area contributed by atoms with Crippen LogP contribution in [-0.4, -0.2) is 21.6 Å². The van der Waals surface area contributed by atoms with Crippen molar-refractivity contribution in [2.24, 2.45) is 0 Å². The van der Waals surface area contributed by atoms with E-state index in [1.54, 1.807) is 12.1 Å². The summed E-state index contributed by atoms with van der Waals surface area (Å²) in [5.41, 5.74) is 1.73. The van der Waals surface area contributed by atoms with Gasteiger partial charge < -0.3 is 9.84 Å². The standard InChI is InChI=1S/C25H29NO5/c1-2-15-25(16-14-19-8-4-3-5-9-19)18-23(27)22(24(28)31-25)13-7-11-20-10-6-12-21(17-20)26(29)30/h3-6,8-10,12,17,27H,2,7,11,13-16,18H2,1H3. The number of non-ortho nitro benzene ring substituents is 1. The van der Waals surface area contributed by atoms with Gasteiger partial charge in [-0.05, 0) is 49.7 Å². The summed E-state index contributed by atoms with van der Waals surface area (Å²) < 4.78 is 5.93. The number of esters is 1. The normalized spacial score (nSPS) is 18.7. The largest absolute Gasteiger partial charge is 0.512 e. The van der Waals surface area contributed by atoms with Gasteiger partial charge in [0.05, 0.1) is 10.5 Å². The zero-order valence-electron chi connectivity index (χ0n) is 17.9. The summed E-state index contributed by atoms with van der Waals surface area (Å²) in [4.78, 5) is 23.3. The van der Waals surface area contributed by atoms with Crippen molar-refractivity contribution in [1.82, 2.24) is 0 Å². The second-order valence-electron chi connectivity index (χ2n) is 8.19. The van der Waals surface area contributed by atoms with Crippen LogP contribution in [0.15, 0.2) is 65.9 Å². The van der Waals surface area contributed by atoms with Gasteiger partial charge in [-0.25, -0.2) is 4.79 Å². The average Bonchev–Trinajstić information content (AvgIpc) is 2.75. The Balaban J connectivity index is 1.64. The highest BCUT2D eigenvalue weighted by atomic mass is 16.6. The second-order valence-corrected chi connectivity index (χ2v) is 8.19. The number of aryl methyl sites for hydroxylation is 2. The molecule has 1 N–H and O–H groups in total. The topological polar surface area (TPSA) is 89.7 Å². The van der Waals surface area contributed by atoms with E-state index in [0.29, 0.717) is 44.1 Å². The maximum absolute atomic E-state index is 12.8. The van der Waals surface area contributed by atoms with Crippen LogP contribution in [0.3, 0.4) is 0 Å². The maximum Gasteiger partial charge on any atom is 0.337 e. The minimum atomic E-state index is -0.671. The molecule has 0 amide bonds. The summed E-state index contributed by atoms with van der Waals surface area (Å²) in [6.07, 6.45) is 4.92. The van der Waals surface area contributed by atoms with Crippen LogP contribution < -0.4 is 0 Å². The summed E-state index contributed by atoms with van der Waals surface area (Å²) in [6.45, 7) is 2.05. The molecule has 6 nitrogen and oxygen atoms in total. The highest BCUT2D eigenvalue weighted by molar-refractivity contribution is 5.90. The van der Waals surface area contributed by atoms with Crippen LogP contribution in [0.25, 0.3) is 0 Å². The SMILES string of the molecule is CCCC1(CCc2ccccc2)CC(O)=C(CCCc2cccc([N+](=O)[O-])c2)C(=O)O1. The predicted octanol–water partition coefficient (Wildman–Crippen LogP) is 5.85. The van der Waals surface area contributed by atoms with E-state index in [-0.39, 0.29) is 11.4 Å². The fraction of sp³-hybridized carbons (Fsp3) is 0.400. The van der Waals surface area contributed by atoms with Crippen molar-refractivity contribution in [1.29, 1.82) is 0 Å². The zero-order chi connectivity index (χ0) is 22.3. The lowest BCUT2D eigenvalue weighted by atomic mass is 9.83. The third-order valence-corrected chi connectivity index (χ3v) is 5.82. The lowest BCUT2D eigenvalue weighted by Crippen LogP contribution is -2.40. The lowest BCUT2D eigenvalue weighted by Gasteiger charge is -2.37. The minimum Gasteiger partial charge on any atom is -0.512 e. The van der Waals surface area contributed by atoms with E-state index in [1.807, 2.05) is 31.2 Å². The Hall–Kier alpha value is -3.15. The van der Waals surface area contributed by atoms with Crippen LogP contribution in [0.5, 0.6) is 0 Å². The van der Waals surface area contributed by atoms with Crippen molar-refractivity contribution < 1.29 is 19.6 Å². The molecule has 0 aromatic heterocycles. The first-order valence-electron chi connectivity index (χ1n) is 10.8. The van der Waals surface area contributed by atoms with Crippen molar-refractivity contribution >= 4 is 11.7 Å². The molecular weight excluding hydrogens is 394 g/mol. The number of carbonyl (C=O) groups is 1. The number of hydrogen-bond donors (Lipinski definition) is 1. The molecule has 2 aromatic carbocycles. The molecule has 3 rings (SSSR count). The molecule has 0 aliphatic carbocycles. The number of cyclic esters (lactones) is 1. The number of rotatable bonds is 10. The van der Waals surface area contributed by atoms with Gasteiger partial charge in [-0.2, -0.15) is 0 Å². The molecule has 0 saturated heterocycles. The Morgan fingerprint density at radius 1 is 1.03 bits per heavy atom. The highest BCUT2D eigenvalue weighted by Crippen LogP contribution is 2.37. The molecule has 0 spiro atoms. The summed E-state index contributed by atoms with van der Waals surface area (Å²) in [7, 11) is 0. The Labute approximate surface area is 182 Å². The van der Waals surface area contributed by atoms with Gasteiger partial charge in [-0.1, -0.05) is 55.8 Å². The number of ether oxygens (including phenoxy) is 1. The first-order valence-corrected chi connectivity index (χ1v) is 10.8. The Bertz CT molecular complexity index is 953. The lowest BCUT2D eigenvalue weighted by molar-refractivity contribution is -0.384. The monoisotopic (exact) mass is 423 g/mol. The number of aliphatic hydroxyl groups is 1. The summed E-state index contributed by atoms with van der Waals surface area (Å²) in [5.74, 6) is -0.318. The number of nitro benzene ring substituents is 1. The molecule has 1 aliphatic heterocycles. The molecule has 0 fully saturated rings. The summed E-state index contributed by atoms with van der Waals surface area (Å²) in [6, 6.07) is 16.6. The van der Waals surface area contributed by atoms with Crippen molar-refractivity contribution in [3.05, 3.63) is 87.2 Å². The van der Waals surface area contributed by atoms with Gasteiger partial charge in [0.15, 0.2) is 0 Å². The number of nitrogens with zero attached hydrogens (tertiary/aromatic N) is 1. The van der Waals surface area contributed by atoms with Gasteiger partial charge in [0.25, 0.3) is 5.69 Å². The molecule has 1 atom stereocenters. The van der Waals surface area contributed by atoms with Gasteiger partial charge in [-0.15, -0.1) is 0 Å². The van der Waals surface area contributed by atoms with Crippen LogP contribution in [0.1, 0.15) is 56.6 Å². The third kappa shape index (κ3) is 5.94. The van der Waals surface area contributed by atoms with Crippen LogP contribution in [0, 0.1) is 10.1 Å². The fourth-order valence-corrected chi connectivity index (χ4v) is 4.24. The molecule has 1 aliphatic rings. The molecule has 0 saturated carbocycles. The van der Waals surface area contributed by atoms with Crippen molar-refractivity contribution in [3.63, 3.8) is 0 Å². The van der Waals surface area contributed by atoms with E-state index >= 15 is 0 Å². The first-order chi connectivity index (χ1) is 14.9. The Morgan fingerprint density at radius 3 is 2.45 bits per heavy atom. The molecule has 1 heterocycles. The summed E-state index contributed by atoms with van der Waals surface area (Å²) >= 11 is 0. The fourth-order valence-electron chi connectivity index (χ4n) is 4.24. The van der Waals surface area contributed by atoms with E-state index in [0.717, 1.165) is 18.4 Å². The van der Waals surface area contributed by atoms with Gasteiger partial charge in [0, 0.05) is 18.6 Å². The van der Waals surface area contributed by atoms with Crippen molar-refractivity contribution in [2.45, 2.75) is 63.9 Å². The van der Waals surface area contributed by atoms with E-state index in [4.69, 9.17) is 4.74 Å². The second kappa shape index (κ2) is 10.2. The molecule has 164 valence electrons. The highest BCUT2D eigenvalue weighted by Gasteiger charge is 2.40. The minimum absolute atomic E-state index is 0.0550. The van der Waals surface area contributed by atoms with Gasteiger partial charge >= 0.3 is 5.97 Å². The smallest absolute Gasteiger partial charge is 0.337 e. The number of benzene rings is 2. The summed E-state index contributed by atoms with van der Waals surface area (Å²) in [5, 5.41) is 21.6. The van der Waals surface area contributed by atoms with E-state index in [1.165, 1.54) is 11.6 Å². The molecule has 1 unspecified atom stereocenters. The van der Waals surface area contributed by atoms with Crippen LogP contribution in [-0.2, 0) is 22.4 Å². The third-order valence-electron chi connectivity index (χ3n) is 5.82. The van der Waals surface area contributed by atoms with Crippen molar-refractivity contribution in [2.75, 3.05) is 0 Å². The van der Waals surface area contributed by atoms with E-state index in [2.05, 4.69) is 12.1 Å². The molecule has 2 aromatic rings. The first kappa shape index (κ1) is 22.5. The van der Waals surface area contributed by atoms with Crippen LogP contribution in [0.4, 0.5) is 5.69 Å². The van der Waals surface area contributed by atoms with Crippen molar-refractivity contribution in [3.8, 4) is 0 Å². The number of hydrogen-bond acceptors (Lipinski definition) is 5. The Kier molecular flexibility index (Phi) is 7.45. The van der Waals surface area contributed by atoms with E-state index < -0.39 is 16.5 Å².